The van der Waals surface area contributed by atoms with E-state index in [2.05, 4.69) is 15.7 Å². The molecule has 0 saturated carbocycles. The average molecular weight is 358 g/mol. The number of nitrogens with zero attached hydrogens (tertiary/aromatic N) is 1. The molecular weight excluding hydrogens is 329 g/mol. The van der Waals surface area contributed by atoms with Crippen molar-refractivity contribution in [1.29, 1.82) is 0 Å². The fourth-order valence-corrected chi connectivity index (χ4v) is 2.16. The second kappa shape index (κ2) is 13.1. The first-order valence-electron chi connectivity index (χ1n) is 8.41. The number of carboxylic acids is 1. The molecule has 0 aromatic carbocycles. The maximum Gasteiger partial charge on any atom is 0.374 e. The molecule has 1 atom stereocenters. The average Bonchev–Trinajstić information content (AvgIpc) is 2.47. The van der Waals surface area contributed by atoms with Crippen molar-refractivity contribution in [1.82, 2.24) is 20.6 Å². The lowest BCUT2D eigenvalue weighted by Crippen LogP contribution is -2.49. The third kappa shape index (κ3) is 12.8. The molecule has 1 amide bonds. The fourth-order valence-electron chi connectivity index (χ4n) is 2.16. The van der Waals surface area contributed by atoms with Crippen molar-refractivity contribution < 1.29 is 29.8 Å². The van der Waals surface area contributed by atoms with Gasteiger partial charge in [-0.2, -0.15) is 0 Å². The lowest BCUT2D eigenvalue weighted by atomic mass is 9.86. The summed E-state index contributed by atoms with van der Waals surface area (Å²) in [7, 11) is -2.40. The van der Waals surface area contributed by atoms with Gasteiger partial charge in [0.15, 0.2) is 0 Å². The molecule has 10 nitrogen and oxygen atoms in total. The summed E-state index contributed by atoms with van der Waals surface area (Å²) in [5.41, 5.74) is 0. The highest BCUT2D eigenvalue weighted by molar-refractivity contribution is 6.46. The highest BCUT2D eigenvalue weighted by Crippen LogP contribution is 2.02. The number of rotatable bonds is 14. The van der Waals surface area contributed by atoms with Crippen molar-refractivity contribution in [3.05, 3.63) is 0 Å². The molecule has 0 aliphatic carbocycles. The van der Waals surface area contributed by atoms with Gasteiger partial charge < -0.3 is 40.8 Å². The third-order valence-electron chi connectivity index (χ3n) is 3.34. The Morgan fingerprint density at radius 1 is 0.960 bits per heavy atom. The lowest BCUT2D eigenvalue weighted by Gasteiger charge is -2.25. The predicted octanol–water partition coefficient (Wildman–Crippen LogP) is -2.85. The zero-order chi connectivity index (χ0) is 19.4. The molecule has 0 fully saturated rings. The lowest BCUT2D eigenvalue weighted by molar-refractivity contribution is -0.143. The molecule has 0 aromatic heterocycles. The number of carbonyl (C=O) groups is 2. The molecular formula is C12H29B3N4O6. The van der Waals surface area contributed by atoms with Crippen LogP contribution in [0, 0.1) is 0 Å². The Morgan fingerprint density at radius 3 is 2.00 bits per heavy atom. The topological polar surface area (TPSA) is 154 Å². The normalized spacial score (nSPS) is 11.8. The molecule has 142 valence electrons. The first-order chi connectivity index (χ1) is 11.6. The first-order valence-corrected chi connectivity index (χ1v) is 8.41. The maximum absolute atomic E-state index is 12.4. The molecule has 0 bridgehead atoms. The molecule has 0 saturated heterocycles. The smallest absolute Gasteiger partial charge is 0.374 e. The van der Waals surface area contributed by atoms with E-state index in [1.807, 2.05) is 0 Å². The van der Waals surface area contributed by atoms with Gasteiger partial charge in [0.1, 0.15) is 6.04 Å². The number of hydrogen-bond acceptors (Lipinski definition) is 8. The fraction of sp³-hybridized carbons (Fsp3) is 0.833. The van der Waals surface area contributed by atoms with E-state index in [-0.39, 0.29) is 12.3 Å². The van der Waals surface area contributed by atoms with Gasteiger partial charge in [0, 0.05) is 19.6 Å². The van der Waals surface area contributed by atoms with Crippen LogP contribution in [0.15, 0.2) is 0 Å². The Labute approximate surface area is 149 Å². The Morgan fingerprint density at radius 2 is 1.52 bits per heavy atom. The van der Waals surface area contributed by atoms with Crippen LogP contribution in [-0.2, 0) is 9.59 Å². The second-order valence-electron chi connectivity index (χ2n) is 5.93. The van der Waals surface area contributed by atoms with E-state index in [1.165, 1.54) is 11.7 Å². The highest BCUT2D eigenvalue weighted by Gasteiger charge is 2.26. The van der Waals surface area contributed by atoms with Gasteiger partial charge in [-0.3, -0.25) is 9.59 Å². The van der Waals surface area contributed by atoms with Crippen LogP contribution in [0.1, 0.15) is 12.8 Å². The molecule has 25 heavy (non-hydrogen) atoms. The molecule has 13 heteroatoms. The zero-order valence-electron chi connectivity index (χ0n) is 15.1. The molecule has 0 aliphatic heterocycles. The predicted molar refractivity (Wildman–Crippen MR) is 97.9 cm³/mol. The highest BCUT2D eigenvalue weighted by atomic mass is 16.4. The standard InChI is InChI=1S/C12H29B3N4O6/c1-13(23)16-5-4-7-19(8-6-17-14(2)24)11(20)9-10(12(21)22)18-15(3)25/h10,16-18,23-25H,4-9H2,1-3H3,(H,21,22)/t10-/m0/s1. The van der Waals surface area contributed by atoms with E-state index in [4.69, 9.17) is 10.1 Å². The van der Waals surface area contributed by atoms with Crippen molar-refractivity contribution in [3.63, 3.8) is 0 Å². The molecule has 0 rings (SSSR count). The summed E-state index contributed by atoms with van der Waals surface area (Å²) in [6.45, 7) is 6.07. The number of aliphatic carboxylic acids is 1. The largest absolute Gasteiger partial charge is 0.480 e. The SMILES string of the molecule is CB(O)NCCCN(CCNB(C)O)C(=O)C[C@H](NB(C)O)C(=O)O. The number of amides is 1. The van der Waals surface area contributed by atoms with Crippen LogP contribution >= 0.6 is 0 Å². The van der Waals surface area contributed by atoms with Crippen molar-refractivity contribution in [2.45, 2.75) is 39.4 Å². The second-order valence-corrected chi connectivity index (χ2v) is 5.93. The van der Waals surface area contributed by atoms with Crippen LogP contribution in [0.25, 0.3) is 0 Å². The zero-order valence-corrected chi connectivity index (χ0v) is 15.1. The summed E-state index contributed by atoms with van der Waals surface area (Å²) >= 11 is 0. The van der Waals surface area contributed by atoms with E-state index in [1.54, 1.807) is 13.6 Å². The van der Waals surface area contributed by atoms with E-state index in [0.29, 0.717) is 32.6 Å². The van der Waals surface area contributed by atoms with Gasteiger partial charge in [-0.05, 0) is 33.4 Å². The minimum atomic E-state index is -1.22. The summed E-state index contributed by atoms with van der Waals surface area (Å²) in [5, 5.41) is 44.9. The van der Waals surface area contributed by atoms with Crippen molar-refractivity contribution in [3.8, 4) is 0 Å². The molecule has 7 N–H and O–H groups in total. The summed E-state index contributed by atoms with van der Waals surface area (Å²) in [6.07, 6.45) is 0.283. The van der Waals surface area contributed by atoms with Crippen molar-refractivity contribution in [2.75, 3.05) is 26.2 Å². The van der Waals surface area contributed by atoms with Gasteiger partial charge in [0.2, 0.25) is 5.91 Å². The summed E-state index contributed by atoms with van der Waals surface area (Å²) in [6, 6.07) is -1.18. The van der Waals surface area contributed by atoms with Crippen LogP contribution in [0.3, 0.4) is 0 Å². The number of nitrogens with one attached hydrogen (secondary N) is 3. The minimum absolute atomic E-state index is 0.293. The molecule has 0 radical (unpaired) electrons. The van der Waals surface area contributed by atoms with Crippen molar-refractivity contribution >= 4 is 33.0 Å². The number of hydrogen-bond donors (Lipinski definition) is 7. The van der Waals surface area contributed by atoms with E-state index in [0.717, 1.165) is 0 Å². The van der Waals surface area contributed by atoms with Gasteiger partial charge >= 0.3 is 27.1 Å². The number of carbonyl (C=O) groups excluding carboxylic acids is 1. The van der Waals surface area contributed by atoms with Gasteiger partial charge in [0.25, 0.3) is 0 Å². The van der Waals surface area contributed by atoms with Gasteiger partial charge in [-0.25, -0.2) is 0 Å². The van der Waals surface area contributed by atoms with Gasteiger partial charge in [-0.15, -0.1) is 0 Å². The van der Waals surface area contributed by atoms with Crippen LogP contribution in [0.5, 0.6) is 0 Å². The van der Waals surface area contributed by atoms with Crippen LogP contribution in [0.2, 0.25) is 20.5 Å². The molecule has 0 heterocycles. The van der Waals surface area contributed by atoms with Gasteiger partial charge in [0.05, 0.1) is 6.42 Å². The maximum atomic E-state index is 12.4. The summed E-state index contributed by atoms with van der Waals surface area (Å²) < 4.78 is 0. The Kier molecular flexibility index (Phi) is 12.6. The minimum Gasteiger partial charge on any atom is -0.480 e. The Hall–Kier alpha value is -1.11. The molecule has 0 aliphatic rings. The third-order valence-corrected chi connectivity index (χ3v) is 3.34. The van der Waals surface area contributed by atoms with Crippen LogP contribution < -0.4 is 15.7 Å². The monoisotopic (exact) mass is 358 g/mol. The van der Waals surface area contributed by atoms with Crippen LogP contribution in [-0.4, -0.2) is 90.3 Å². The molecule has 0 unspecified atom stereocenters. The summed E-state index contributed by atoms with van der Waals surface area (Å²) in [5.74, 6) is -1.59. The first kappa shape index (κ1) is 23.9. The molecule has 0 aromatic rings. The number of carboxylic acid groups (broad SMARTS) is 1. The van der Waals surface area contributed by atoms with Crippen molar-refractivity contribution in [2.24, 2.45) is 0 Å². The van der Waals surface area contributed by atoms with Gasteiger partial charge in [-0.1, -0.05) is 0 Å². The van der Waals surface area contributed by atoms with E-state index < -0.39 is 33.2 Å². The Bertz CT molecular complexity index is 403. The quantitative estimate of drug-likeness (QED) is 0.128. The Balaban J connectivity index is 4.66. The van der Waals surface area contributed by atoms with Crippen LogP contribution in [0.4, 0.5) is 0 Å². The summed E-state index contributed by atoms with van der Waals surface area (Å²) in [4.78, 5) is 25.1. The van der Waals surface area contributed by atoms with E-state index >= 15 is 0 Å². The van der Waals surface area contributed by atoms with E-state index in [9.17, 15) is 19.6 Å². The molecule has 0 spiro atoms.